The van der Waals surface area contributed by atoms with E-state index in [9.17, 15) is 37.1 Å². The fourth-order valence-electron chi connectivity index (χ4n) is 10.9. The van der Waals surface area contributed by atoms with Gasteiger partial charge in [0.25, 0.3) is 5.91 Å². The van der Waals surface area contributed by atoms with Gasteiger partial charge in [-0.25, -0.2) is 4.79 Å². The zero-order chi connectivity index (χ0) is 47.3. The van der Waals surface area contributed by atoms with Crippen LogP contribution in [0.3, 0.4) is 0 Å². The number of carbonyl (C=O) groups excluding carboxylic acids is 4. The van der Waals surface area contributed by atoms with E-state index < -0.39 is 29.4 Å². The van der Waals surface area contributed by atoms with Crippen LogP contribution in [0, 0.1) is 11.8 Å². The van der Waals surface area contributed by atoms with E-state index in [1.807, 2.05) is 30.1 Å². The summed E-state index contributed by atoms with van der Waals surface area (Å²) in [5.74, 6) is 0.734. The minimum atomic E-state index is -4.67. The van der Waals surface area contributed by atoms with Crippen LogP contribution < -0.4 is 15.9 Å². The van der Waals surface area contributed by atoms with Crippen molar-refractivity contribution < 1.29 is 32.3 Å². The average molecular weight is 936 g/mol. The topological polar surface area (TPSA) is 154 Å². The van der Waals surface area contributed by atoms with Crippen molar-refractivity contribution in [2.75, 3.05) is 63.8 Å². The largest absolute Gasteiger partial charge is 0.418 e. The van der Waals surface area contributed by atoms with Crippen LogP contribution in [0.1, 0.15) is 83.4 Å². The number of benzene rings is 2. The summed E-state index contributed by atoms with van der Waals surface area (Å²) in [5.41, 5.74) is 2.64. The van der Waals surface area contributed by atoms with Crippen molar-refractivity contribution in [3.05, 3.63) is 111 Å². The molecule has 0 bridgehead atoms. The number of rotatable bonds is 11. The molecule has 0 spiro atoms. The first-order valence-corrected chi connectivity index (χ1v) is 23.7. The molecule has 19 heteroatoms. The first kappa shape index (κ1) is 45.4. The van der Waals surface area contributed by atoms with E-state index in [4.69, 9.17) is 0 Å². The van der Waals surface area contributed by atoms with Crippen molar-refractivity contribution in [1.82, 2.24) is 48.6 Å². The van der Waals surface area contributed by atoms with Crippen molar-refractivity contribution in [3.8, 4) is 5.69 Å². The van der Waals surface area contributed by atoms with E-state index in [2.05, 4.69) is 36.3 Å². The van der Waals surface area contributed by atoms with Gasteiger partial charge in [-0.2, -0.15) is 13.2 Å². The molecule has 10 rings (SSSR count). The van der Waals surface area contributed by atoms with Gasteiger partial charge in [0, 0.05) is 109 Å². The molecule has 0 aliphatic carbocycles. The number of piperazine rings is 1. The molecular formula is C49H56F3N11O5. The lowest BCUT2D eigenvalue weighted by Gasteiger charge is -2.40. The van der Waals surface area contributed by atoms with Crippen LogP contribution in [-0.2, 0) is 47.1 Å². The molecule has 5 aliphatic heterocycles. The second-order valence-electron chi connectivity index (χ2n) is 19.3. The van der Waals surface area contributed by atoms with E-state index >= 15 is 0 Å². The van der Waals surface area contributed by atoms with Crippen molar-refractivity contribution in [1.29, 1.82) is 0 Å². The molecule has 4 fully saturated rings. The zero-order valence-corrected chi connectivity index (χ0v) is 38.2. The average Bonchev–Trinajstić information content (AvgIpc) is 4.00. The molecule has 358 valence electrons. The van der Waals surface area contributed by atoms with Crippen molar-refractivity contribution in [2.24, 2.45) is 18.9 Å². The molecule has 1 unspecified atom stereocenters. The maximum absolute atomic E-state index is 14.5. The van der Waals surface area contributed by atoms with Crippen LogP contribution >= 0.6 is 0 Å². The summed E-state index contributed by atoms with van der Waals surface area (Å²) in [4.78, 5) is 75.1. The fraction of sp³-hybridized carbons (Fsp3) is 0.490. The first-order valence-electron chi connectivity index (χ1n) is 23.7. The van der Waals surface area contributed by atoms with Crippen LogP contribution in [0.2, 0.25) is 0 Å². The highest BCUT2D eigenvalue weighted by Gasteiger charge is 2.40. The number of halogens is 3. The number of carbonyl (C=O) groups is 4. The van der Waals surface area contributed by atoms with E-state index in [-0.39, 0.29) is 42.1 Å². The number of nitrogens with one attached hydrogen (secondary N) is 1. The van der Waals surface area contributed by atoms with Crippen LogP contribution in [0.4, 0.5) is 18.9 Å². The minimum Gasteiger partial charge on any atom is -0.369 e. The second-order valence-corrected chi connectivity index (χ2v) is 19.3. The number of likely N-dealkylation sites (tertiary alicyclic amines) is 2. The number of pyridine rings is 1. The predicted molar refractivity (Wildman–Crippen MR) is 245 cm³/mol. The first-order chi connectivity index (χ1) is 32.7. The number of amides is 4. The Morgan fingerprint density at radius 3 is 2.29 bits per heavy atom. The third kappa shape index (κ3) is 9.42. The maximum Gasteiger partial charge on any atom is 0.418 e. The molecule has 2 aromatic carbocycles. The summed E-state index contributed by atoms with van der Waals surface area (Å²) in [5, 5.41) is 10.4. The van der Waals surface area contributed by atoms with Gasteiger partial charge in [0.2, 0.25) is 17.7 Å². The second kappa shape index (κ2) is 18.6. The maximum atomic E-state index is 14.5. The number of hydrogen-bond donors (Lipinski definition) is 1. The lowest BCUT2D eigenvalue weighted by atomic mass is 9.91. The molecule has 8 heterocycles. The number of imidazole rings is 1. The molecule has 68 heavy (non-hydrogen) atoms. The van der Waals surface area contributed by atoms with Crippen LogP contribution in [-0.4, -0.2) is 132 Å². The molecule has 0 radical (unpaired) electrons. The third-order valence-electron chi connectivity index (χ3n) is 14.8. The molecule has 4 amide bonds. The van der Waals surface area contributed by atoms with Gasteiger partial charge >= 0.3 is 11.9 Å². The quantitative estimate of drug-likeness (QED) is 0.190. The van der Waals surface area contributed by atoms with Gasteiger partial charge in [-0.15, -0.1) is 10.2 Å². The Morgan fingerprint density at radius 1 is 0.809 bits per heavy atom. The Morgan fingerprint density at radius 2 is 1.57 bits per heavy atom. The summed E-state index contributed by atoms with van der Waals surface area (Å²) in [6.07, 6.45) is 4.65. The van der Waals surface area contributed by atoms with E-state index in [1.54, 1.807) is 34.0 Å². The van der Waals surface area contributed by atoms with Gasteiger partial charge < -0.3 is 19.3 Å². The molecule has 5 aromatic rings. The zero-order valence-electron chi connectivity index (χ0n) is 38.2. The Bertz CT molecular complexity index is 2790. The number of anilines is 1. The van der Waals surface area contributed by atoms with Crippen molar-refractivity contribution in [2.45, 2.75) is 76.7 Å². The van der Waals surface area contributed by atoms with Gasteiger partial charge in [-0.05, 0) is 110 Å². The molecule has 3 aromatic heterocycles. The normalized spacial score (nSPS) is 20.4. The molecule has 1 N–H and O–H groups in total. The molecule has 5 aliphatic rings. The Balaban J connectivity index is 0.675. The number of alkyl halides is 3. The summed E-state index contributed by atoms with van der Waals surface area (Å²) in [7, 11) is 1.83. The standard InChI is InChI=1S/C49H56F3N11O5/c1-56-31-53-55-43(56)23-34-3-2-4-38(21-34)61-30-42-40(49(50,51)52)22-35(28-63(42)48(61)68)27-57-13-9-32(10-14-57)24-45(65)60-15-11-33(12-16-60)26-58-17-19-59(20-18-58)37-5-6-39-36(25-37)29-62(47(39)67)41-7-8-44(64)54-46(41)66/h2-6,21-22,25,28,30-33,41H,7-20,23-24,26-27,29H2,1H3,(H,54,64,66). The summed E-state index contributed by atoms with van der Waals surface area (Å²) in [6.45, 7) is 7.95. The van der Waals surface area contributed by atoms with Crippen LogP contribution in [0.25, 0.3) is 11.2 Å². The highest BCUT2D eigenvalue weighted by atomic mass is 19.4. The number of piperidine rings is 3. The fourth-order valence-corrected chi connectivity index (χ4v) is 10.9. The Hall–Kier alpha value is -6.34. The van der Waals surface area contributed by atoms with Gasteiger partial charge in [-0.1, -0.05) is 12.1 Å². The van der Waals surface area contributed by atoms with E-state index in [0.717, 1.165) is 98.8 Å². The molecular weight excluding hydrogens is 880 g/mol. The number of fused-ring (bicyclic) bond motifs is 2. The van der Waals surface area contributed by atoms with Gasteiger partial charge in [0.15, 0.2) is 0 Å². The molecule has 0 saturated carbocycles. The van der Waals surface area contributed by atoms with Crippen LogP contribution in [0.15, 0.2) is 72.0 Å². The predicted octanol–water partition coefficient (Wildman–Crippen LogP) is 4.25. The molecule has 16 nitrogen and oxygen atoms in total. The number of nitrogens with zero attached hydrogens (tertiary/aromatic N) is 10. The summed E-state index contributed by atoms with van der Waals surface area (Å²) >= 11 is 0. The summed E-state index contributed by atoms with van der Waals surface area (Å²) in [6, 6.07) is 13.6. The lowest BCUT2D eigenvalue weighted by molar-refractivity contribution is -0.137. The highest BCUT2D eigenvalue weighted by Crippen LogP contribution is 2.35. The highest BCUT2D eigenvalue weighted by molar-refractivity contribution is 6.05. The lowest BCUT2D eigenvalue weighted by Crippen LogP contribution is -2.52. The number of imide groups is 1. The Labute approximate surface area is 391 Å². The van der Waals surface area contributed by atoms with Crippen molar-refractivity contribution >= 4 is 34.8 Å². The molecule has 1 atom stereocenters. The van der Waals surface area contributed by atoms with E-state index in [1.165, 1.54) is 17.0 Å². The van der Waals surface area contributed by atoms with Gasteiger partial charge in [-0.3, -0.25) is 43.3 Å². The Kier molecular flexibility index (Phi) is 12.4. The minimum absolute atomic E-state index is 0.167. The smallest absolute Gasteiger partial charge is 0.369 e. The monoisotopic (exact) mass is 935 g/mol. The number of hydrogen-bond acceptors (Lipinski definition) is 10. The van der Waals surface area contributed by atoms with Crippen LogP contribution in [0.5, 0.6) is 0 Å². The third-order valence-corrected chi connectivity index (χ3v) is 14.8. The number of aromatic nitrogens is 5. The van der Waals surface area contributed by atoms with E-state index in [0.29, 0.717) is 67.5 Å². The van der Waals surface area contributed by atoms with Gasteiger partial charge in [0.1, 0.15) is 18.2 Å². The van der Waals surface area contributed by atoms with Gasteiger partial charge in [0.05, 0.1) is 16.8 Å². The number of aryl methyl sites for hydroxylation is 1. The van der Waals surface area contributed by atoms with Crippen molar-refractivity contribution in [3.63, 3.8) is 0 Å². The SMILES string of the molecule is Cn1cnnc1Cc1cccc(-n2cc3c(C(F)(F)F)cc(CN4CCC(CC(=O)N5CCC(CN6CCN(c7ccc8c(c7)CN(C7CCC(=O)NC7=O)C8=O)CC6)CC5)CC4)cn3c2=O)c1. The summed E-state index contributed by atoms with van der Waals surface area (Å²) < 4.78 is 47.8. The molecule has 4 saturated heterocycles.